The summed E-state index contributed by atoms with van der Waals surface area (Å²) < 4.78 is 10.5. The Morgan fingerprint density at radius 3 is 2.57 bits per heavy atom. The second-order valence-electron chi connectivity index (χ2n) is 6.39. The minimum absolute atomic E-state index is 0.191. The molecule has 0 fully saturated rings. The summed E-state index contributed by atoms with van der Waals surface area (Å²) in [7, 11) is 0. The monoisotopic (exact) mass is 385 g/mol. The average Bonchev–Trinajstić information content (AvgIpc) is 2.71. The molecule has 0 heterocycles. The Labute approximate surface area is 168 Å². The first-order chi connectivity index (χ1) is 13.7. The van der Waals surface area contributed by atoms with Crippen molar-refractivity contribution in [2.24, 2.45) is 5.92 Å². The molecule has 1 aromatic rings. The van der Waals surface area contributed by atoms with Crippen molar-refractivity contribution in [1.82, 2.24) is 0 Å². The lowest BCUT2D eigenvalue weighted by Crippen LogP contribution is -2.39. The third-order valence-electron chi connectivity index (χ3n) is 4.19. The number of carbonyl (C=O) groups excluding carboxylic acids is 2. The van der Waals surface area contributed by atoms with E-state index in [-0.39, 0.29) is 13.2 Å². The Bertz CT molecular complexity index is 646. The van der Waals surface area contributed by atoms with E-state index in [1.807, 2.05) is 6.08 Å². The molecule has 0 aliphatic rings. The molecule has 0 aromatic heterocycles. The number of unbranched alkanes of at least 4 members (excludes halogenated alkanes) is 3. The van der Waals surface area contributed by atoms with Gasteiger partial charge in [-0.3, -0.25) is 0 Å². The van der Waals surface area contributed by atoms with Crippen molar-refractivity contribution in [2.75, 3.05) is 18.5 Å². The van der Waals surface area contributed by atoms with Crippen molar-refractivity contribution in [3.63, 3.8) is 0 Å². The number of hydrogen-bond acceptors (Lipinski definition) is 5. The van der Waals surface area contributed by atoms with Gasteiger partial charge >= 0.3 is 5.97 Å². The van der Waals surface area contributed by atoms with E-state index in [2.05, 4.69) is 24.2 Å². The van der Waals surface area contributed by atoms with Crippen molar-refractivity contribution in [1.29, 1.82) is 0 Å². The summed E-state index contributed by atoms with van der Waals surface area (Å²) >= 11 is 0. The van der Waals surface area contributed by atoms with Crippen molar-refractivity contribution in [2.45, 2.75) is 52.0 Å². The number of benzene rings is 1. The maximum Gasteiger partial charge on any atom is 0.329 e. The Morgan fingerprint density at radius 2 is 1.96 bits per heavy atom. The first-order valence-electron chi connectivity index (χ1n) is 9.86. The number of carbonyl (C=O) groups is 2. The molecule has 5 nitrogen and oxygen atoms in total. The fourth-order valence-corrected chi connectivity index (χ4v) is 2.68. The molecule has 0 radical (unpaired) electrons. The lowest BCUT2D eigenvalue weighted by molar-refractivity contribution is -0.146. The lowest BCUT2D eigenvalue weighted by atomic mass is 9.96. The van der Waals surface area contributed by atoms with Crippen LogP contribution in [0.3, 0.4) is 0 Å². The van der Waals surface area contributed by atoms with E-state index in [1.165, 1.54) is 12.8 Å². The van der Waals surface area contributed by atoms with Crippen molar-refractivity contribution < 1.29 is 19.1 Å². The molecule has 5 heteroatoms. The zero-order chi connectivity index (χ0) is 20.6. The van der Waals surface area contributed by atoms with Crippen LogP contribution in [-0.4, -0.2) is 31.5 Å². The van der Waals surface area contributed by atoms with Gasteiger partial charge in [0, 0.05) is 11.6 Å². The van der Waals surface area contributed by atoms with Gasteiger partial charge in [-0.25, -0.2) is 4.79 Å². The van der Waals surface area contributed by atoms with Crippen LogP contribution in [0.1, 0.15) is 46.0 Å². The number of hydrogen-bond donors (Lipinski definition) is 1. The first-order valence-corrected chi connectivity index (χ1v) is 9.86. The van der Waals surface area contributed by atoms with Crippen LogP contribution in [0.15, 0.2) is 36.4 Å². The van der Waals surface area contributed by atoms with Gasteiger partial charge in [-0.15, -0.1) is 6.42 Å². The molecule has 0 bridgehead atoms. The SMILES string of the molecule is C#CCOc1ccc(N[C@H](C(=O)OCC)[C@@H](C=O)C/C=C/CCCCC)cc1. The molecular weight excluding hydrogens is 354 g/mol. The molecule has 2 atom stereocenters. The third-order valence-corrected chi connectivity index (χ3v) is 4.19. The second-order valence-corrected chi connectivity index (χ2v) is 6.39. The van der Waals surface area contributed by atoms with Crippen LogP contribution in [-0.2, 0) is 14.3 Å². The molecule has 0 saturated heterocycles. The van der Waals surface area contributed by atoms with Crippen molar-refractivity contribution in [3.05, 3.63) is 36.4 Å². The number of ether oxygens (including phenoxy) is 2. The molecule has 0 amide bonds. The van der Waals surface area contributed by atoms with Crippen LogP contribution < -0.4 is 10.1 Å². The predicted octanol–water partition coefficient (Wildman–Crippen LogP) is 4.38. The van der Waals surface area contributed by atoms with Gasteiger partial charge in [0.25, 0.3) is 0 Å². The van der Waals surface area contributed by atoms with Crippen LogP contribution in [0.5, 0.6) is 5.75 Å². The standard InChI is InChI=1S/C23H31NO4/c1-4-7-8-9-10-11-12-19(18-25)22(23(26)27-6-3)24-20-13-15-21(16-14-20)28-17-5-2/h2,10-11,13-16,18-19,22,24H,4,6-9,12,17H2,1,3H3/b11-10+/t19-,22+/m1/s1. The summed E-state index contributed by atoms with van der Waals surface area (Å²) in [5, 5.41) is 3.12. The zero-order valence-electron chi connectivity index (χ0n) is 16.9. The Kier molecular flexibility index (Phi) is 11.9. The van der Waals surface area contributed by atoms with Gasteiger partial charge in [-0.1, -0.05) is 37.8 Å². The van der Waals surface area contributed by atoms with Gasteiger partial charge in [0.2, 0.25) is 0 Å². The maximum absolute atomic E-state index is 12.4. The van der Waals surface area contributed by atoms with Crippen LogP contribution in [0.4, 0.5) is 5.69 Å². The molecule has 1 N–H and O–H groups in total. The maximum atomic E-state index is 12.4. The highest BCUT2D eigenvalue weighted by Gasteiger charge is 2.28. The minimum atomic E-state index is -0.754. The highest BCUT2D eigenvalue weighted by Crippen LogP contribution is 2.20. The first kappa shape index (κ1) is 23.3. The zero-order valence-corrected chi connectivity index (χ0v) is 16.9. The summed E-state index contributed by atoms with van der Waals surface area (Å²) in [4.78, 5) is 24.1. The van der Waals surface area contributed by atoms with Gasteiger partial charge in [0.05, 0.1) is 6.61 Å². The fourth-order valence-electron chi connectivity index (χ4n) is 2.68. The molecule has 0 saturated carbocycles. The topological polar surface area (TPSA) is 64.6 Å². The van der Waals surface area contributed by atoms with E-state index < -0.39 is 17.9 Å². The van der Waals surface area contributed by atoms with Crippen LogP contribution >= 0.6 is 0 Å². The van der Waals surface area contributed by atoms with E-state index in [0.29, 0.717) is 17.9 Å². The van der Waals surface area contributed by atoms with E-state index in [9.17, 15) is 9.59 Å². The van der Waals surface area contributed by atoms with E-state index in [0.717, 1.165) is 19.1 Å². The number of anilines is 1. The van der Waals surface area contributed by atoms with Gasteiger partial charge in [0.15, 0.2) is 0 Å². The average molecular weight is 386 g/mol. The Morgan fingerprint density at radius 1 is 1.21 bits per heavy atom. The van der Waals surface area contributed by atoms with Crippen molar-refractivity contribution in [3.8, 4) is 18.1 Å². The van der Waals surface area contributed by atoms with Gasteiger partial charge in [-0.2, -0.15) is 0 Å². The quantitative estimate of drug-likeness (QED) is 0.169. The molecule has 152 valence electrons. The van der Waals surface area contributed by atoms with Gasteiger partial charge in [-0.05, 0) is 50.5 Å². The van der Waals surface area contributed by atoms with Crippen LogP contribution in [0.2, 0.25) is 0 Å². The summed E-state index contributed by atoms with van der Waals surface area (Å²) in [5.74, 6) is 2.09. The number of nitrogens with one attached hydrogen (secondary N) is 1. The number of aldehydes is 1. The number of rotatable bonds is 14. The third kappa shape index (κ3) is 8.77. The summed E-state index contributed by atoms with van der Waals surface area (Å²) in [5.41, 5.74) is 0.699. The summed E-state index contributed by atoms with van der Waals surface area (Å²) in [6, 6.07) is 6.31. The molecular formula is C23H31NO4. The number of esters is 1. The van der Waals surface area contributed by atoms with Crippen LogP contribution in [0.25, 0.3) is 0 Å². The van der Waals surface area contributed by atoms with E-state index in [1.54, 1.807) is 31.2 Å². The molecule has 1 aromatic carbocycles. The Hall–Kier alpha value is -2.74. The Balaban J connectivity index is 2.78. The fraction of sp³-hybridized carbons (Fsp3) is 0.478. The predicted molar refractivity (Wildman–Crippen MR) is 112 cm³/mol. The van der Waals surface area contributed by atoms with Gasteiger partial charge in [0.1, 0.15) is 24.7 Å². The number of allylic oxidation sites excluding steroid dienone is 2. The highest BCUT2D eigenvalue weighted by molar-refractivity contribution is 5.83. The molecule has 28 heavy (non-hydrogen) atoms. The molecule has 0 spiro atoms. The largest absolute Gasteiger partial charge is 0.481 e. The molecule has 1 rings (SSSR count). The summed E-state index contributed by atoms with van der Waals surface area (Å²) in [6.07, 6.45) is 15.0. The van der Waals surface area contributed by atoms with E-state index in [4.69, 9.17) is 15.9 Å². The highest BCUT2D eigenvalue weighted by atomic mass is 16.5. The number of terminal acetylenes is 1. The second kappa shape index (κ2) is 14.3. The smallest absolute Gasteiger partial charge is 0.329 e. The van der Waals surface area contributed by atoms with Crippen molar-refractivity contribution >= 4 is 17.9 Å². The van der Waals surface area contributed by atoms with E-state index >= 15 is 0 Å². The molecule has 0 aliphatic carbocycles. The van der Waals surface area contributed by atoms with Gasteiger partial charge < -0.3 is 19.6 Å². The minimum Gasteiger partial charge on any atom is -0.481 e. The molecule has 0 unspecified atom stereocenters. The lowest BCUT2D eigenvalue weighted by Gasteiger charge is -2.23. The van der Waals surface area contributed by atoms with Crippen LogP contribution in [0, 0.1) is 18.3 Å². The normalized spacial score (nSPS) is 12.8. The summed E-state index contributed by atoms with van der Waals surface area (Å²) in [6.45, 7) is 4.36. The molecule has 0 aliphatic heterocycles.